The van der Waals surface area contributed by atoms with E-state index in [-0.39, 0.29) is 0 Å². The second kappa shape index (κ2) is 7.16. The molecule has 0 bridgehead atoms. The number of nitrogens with zero attached hydrogens (tertiary/aromatic N) is 3. The van der Waals surface area contributed by atoms with E-state index in [9.17, 15) is 0 Å². The van der Waals surface area contributed by atoms with Crippen molar-refractivity contribution in [2.24, 2.45) is 0 Å². The Morgan fingerprint density at radius 2 is 1.29 bits per heavy atom. The van der Waals surface area contributed by atoms with Gasteiger partial charge in [0.2, 0.25) is 0 Å². The topological polar surface area (TPSA) is 19.4 Å². The second-order valence-corrected chi connectivity index (χ2v) is 7.62. The monoisotopic (exact) mass is 368 g/mol. The van der Waals surface area contributed by atoms with Crippen LogP contribution in [0.5, 0.6) is 0 Å². The number of rotatable bonds is 3. The Hall–Kier alpha value is -3.07. The minimum absolute atomic E-state index is 0.918. The van der Waals surface area contributed by atoms with Crippen molar-refractivity contribution in [3.05, 3.63) is 95.4 Å². The molecule has 28 heavy (non-hydrogen) atoms. The van der Waals surface area contributed by atoms with Crippen molar-refractivity contribution >= 4 is 11.5 Å². The van der Waals surface area contributed by atoms with Crippen LogP contribution in [0.1, 0.15) is 27.8 Å². The van der Waals surface area contributed by atoms with Gasteiger partial charge in [0.25, 0.3) is 0 Å². The predicted octanol–water partition coefficient (Wildman–Crippen LogP) is 6.21. The van der Waals surface area contributed by atoms with Crippen molar-refractivity contribution in [2.45, 2.75) is 34.6 Å². The first-order valence-corrected chi connectivity index (χ1v) is 9.65. The van der Waals surface area contributed by atoms with E-state index >= 15 is 0 Å². The van der Waals surface area contributed by atoms with E-state index in [1.54, 1.807) is 0 Å². The minimum atomic E-state index is 0.918. The third-order valence-electron chi connectivity index (χ3n) is 5.27. The van der Waals surface area contributed by atoms with E-state index < -0.39 is 0 Å². The Morgan fingerprint density at radius 3 is 1.96 bits per heavy atom. The van der Waals surface area contributed by atoms with Crippen LogP contribution < -0.4 is 9.80 Å². The number of aryl methyl sites for hydroxylation is 5. The molecule has 141 valence electrons. The summed E-state index contributed by atoms with van der Waals surface area (Å²) in [6, 6.07) is 17.1. The molecule has 0 N–H and O–H groups in total. The van der Waals surface area contributed by atoms with Gasteiger partial charge in [0.05, 0.1) is 5.69 Å². The molecule has 0 aliphatic carbocycles. The highest BCUT2D eigenvalue weighted by Crippen LogP contribution is 2.33. The molecule has 1 aliphatic heterocycles. The van der Waals surface area contributed by atoms with Crippen molar-refractivity contribution < 1.29 is 0 Å². The summed E-state index contributed by atoms with van der Waals surface area (Å²) in [5.41, 5.74) is 9.80. The van der Waals surface area contributed by atoms with Crippen LogP contribution in [-0.4, -0.2) is 4.98 Å². The van der Waals surface area contributed by atoms with E-state index in [0.717, 1.165) is 11.5 Å². The summed E-state index contributed by atoms with van der Waals surface area (Å²) in [6.45, 7) is 12.9. The molecular formula is C25H26N3. The summed E-state index contributed by atoms with van der Waals surface area (Å²) < 4.78 is 0. The van der Waals surface area contributed by atoms with E-state index in [1.807, 2.05) is 0 Å². The van der Waals surface area contributed by atoms with Crippen molar-refractivity contribution in [3.63, 3.8) is 0 Å². The Kier molecular flexibility index (Phi) is 4.68. The van der Waals surface area contributed by atoms with E-state index in [4.69, 9.17) is 4.98 Å². The molecule has 0 spiro atoms. The lowest BCUT2D eigenvalue weighted by molar-refractivity contribution is 1.06. The van der Waals surface area contributed by atoms with Crippen LogP contribution in [0.25, 0.3) is 11.3 Å². The van der Waals surface area contributed by atoms with Gasteiger partial charge in [-0.3, -0.25) is 0 Å². The average Bonchev–Trinajstić information content (AvgIpc) is 3.11. The van der Waals surface area contributed by atoms with Crippen LogP contribution in [-0.2, 0) is 0 Å². The van der Waals surface area contributed by atoms with Gasteiger partial charge in [-0.25, -0.2) is 4.98 Å². The second-order valence-electron chi connectivity index (χ2n) is 7.62. The van der Waals surface area contributed by atoms with Crippen molar-refractivity contribution in [1.82, 2.24) is 4.98 Å². The number of anilines is 2. The van der Waals surface area contributed by atoms with Gasteiger partial charge in [-0.05, 0) is 69.0 Å². The highest BCUT2D eigenvalue weighted by atomic mass is 15.4. The highest BCUT2D eigenvalue weighted by Gasteiger charge is 2.21. The fourth-order valence-electron chi connectivity index (χ4n) is 4.13. The molecule has 4 rings (SSSR count). The SMILES string of the molecule is Cc1cc(C)c(N2[CH]N(c3cccc(-c4c(C)cccc4C)n3)C=C2)c(C)c1. The smallest absolute Gasteiger partial charge is 0.151 e. The maximum absolute atomic E-state index is 4.95. The molecule has 0 saturated heterocycles. The molecule has 0 fully saturated rings. The third kappa shape index (κ3) is 3.29. The zero-order valence-electron chi connectivity index (χ0n) is 17.2. The first-order chi connectivity index (χ1) is 13.4. The van der Waals surface area contributed by atoms with Crippen LogP contribution in [0, 0.1) is 41.3 Å². The average molecular weight is 369 g/mol. The number of pyridine rings is 1. The van der Waals surface area contributed by atoms with Gasteiger partial charge < -0.3 is 9.80 Å². The predicted molar refractivity (Wildman–Crippen MR) is 118 cm³/mol. The third-order valence-corrected chi connectivity index (χ3v) is 5.27. The molecule has 2 heterocycles. The van der Waals surface area contributed by atoms with Crippen molar-refractivity contribution in [2.75, 3.05) is 9.80 Å². The Morgan fingerprint density at radius 1 is 0.679 bits per heavy atom. The summed E-state index contributed by atoms with van der Waals surface area (Å²) in [6.07, 6.45) is 4.16. The van der Waals surface area contributed by atoms with Crippen molar-refractivity contribution in [1.29, 1.82) is 0 Å². The van der Waals surface area contributed by atoms with E-state index in [1.165, 1.54) is 39.1 Å². The molecule has 0 amide bonds. The summed E-state index contributed by atoms with van der Waals surface area (Å²) in [7, 11) is 0. The van der Waals surface area contributed by atoms with Crippen LogP contribution >= 0.6 is 0 Å². The first-order valence-electron chi connectivity index (χ1n) is 9.65. The zero-order chi connectivity index (χ0) is 19.8. The normalized spacial score (nSPS) is 13.5. The largest absolute Gasteiger partial charge is 0.321 e. The summed E-state index contributed by atoms with van der Waals surface area (Å²) in [4.78, 5) is 9.21. The maximum Gasteiger partial charge on any atom is 0.151 e. The molecular weight excluding hydrogens is 342 g/mol. The lowest BCUT2D eigenvalue weighted by Gasteiger charge is -2.23. The standard InChI is InChI=1S/C25H26N3/c1-17-14-20(4)25(21(5)15-17)28-13-12-27(16-28)23-11-7-10-22(26-23)24-18(2)8-6-9-19(24)3/h6-16H,1-5H3. The highest BCUT2D eigenvalue weighted by molar-refractivity contribution is 5.71. The molecule has 0 atom stereocenters. The van der Waals surface area contributed by atoms with Gasteiger partial charge in [0.1, 0.15) is 5.82 Å². The van der Waals surface area contributed by atoms with Crippen LogP contribution in [0.3, 0.4) is 0 Å². The summed E-state index contributed by atoms with van der Waals surface area (Å²) in [5, 5.41) is 0. The molecule has 1 radical (unpaired) electrons. The van der Waals surface area contributed by atoms with Gasteiger partial charge in [-0.15, -0.1) is 0 Å². The van der Waals surface area contributed by atoms with Crippen LogP contribution in [0.15, 0.2) is 60.9 Å². The number of hydrogen-bond acceptors (Lipinski definition) is 3. The molecule has 2 aromatic carbocycles. The van der Waals surface area contributed by atoms with Crippen LogP contribution in [0.4, 0.5) is 11.5 Å². The Balaban J connectivity index is 1.64. The molecule has 3 heteroatoms. The molecule has 0 saturated carbocycles. The lowest BCUT2D eigenvalue weighted by Crippen LogP contribution is -2.20. The lowest BCUT2D eigenvalue weighted by atomic mass is 10.00. The summed E-state index contributed by atoms with van der Waals surface area (Å²) >= 11 is 0. The van der Waals surface area contributed by atoms with Gasteiger partial charge in [0.15, 0.2) is 6.67 Å². The summed E-state index contributed by atoms with van der Waals surface area (Å²) in [5.74, 6) is 0.918. The quantitative estimate of drug-likeness (QED) is 0.548. The number of aromatic nitrogens is 1. The Labute approximate surface area is 168 Å². The molecule has 3 nitrogen and oxygen atoms in total. The van der Waals surface area contributed by atoms with Gasteiger partial charge >= 0.3 is 0 Å². The first kappa shape index (κ1) is 18.3. The van der Waals surface area contributed by atoms with Gasteiger partial charge in [-0.2, -0.15) is 0 Å². The van der Waals surface area contributed by atoms with E-state index in [2.05, 4.69) is 112 Å². The minimum Gasteiger partial charge on any atom is -0.321 e. The Bertz CT molecular complexity index is 1020. The fourth-order valence-corrected chi connectivity index (χ4v) is 4.13. The number of benzene rings is 2. The van der Waals surface area contributed by atoms with Gasteiger partial charge in [0, 0.05) is 23.7 Å². The molecule has 0 unspecified atom stereocenters. The van der Waals surface area contributed by atoms with Crippen LogP contribution in [0.2, 0.25) is 0 Å². The number of hydrogen-bond donors (Lipinski definition) is 0. The maximum atomic E-state index is 4.95. The molecule has 3 aromatic rings. The van der Waals surface area contributed by atoms with Crippen molar-refractivity contribution in [3.8, 4) is 11.3 Å². The molecule has 1 aromatic heterocycles. The van der Waals surface area contributed by atoms with Gasteiger partial charge in [-0.1, -0.05) is 42.0 Å². The fraction of sp³-hybridized carbons (Fsp3) is 0.200. The zero-order valence-corrected chi connectivity index (χ0v) is 17.2. The van der Waals surface area contributed by atoms with E-state index in [0.29, 0.717) is 0 Å². The molecule has 1 aliphatic rings.